The summed E-state index contributed by atoms with van der Waals surface area (Å²) in [5.74, 6) is -14.4. The van der Waals surface area contributed by atoms with Crippen molar-refractivity contribution in [1.29, 1.82) is 0 Å². The van der Waals surface area contributed by atoms with Crippen LogP contribution in [0.3, 0.4) is 0 Å². The number of alkyl halides is 6. The molecule has 0 fully saturated rings. The Morgan fingerprint density at radius 3 is 1.34 bits per heavy atom. The SMILES string of the molecule is FC1(F)c2c(c3ccc(-c4cccc(-c5nc(-c6ccccc6)nc(-c6ccccc6)n5)c4)cc3c3ccccc23)C(F)(F)C1(F)F. The van der Waals surface area contributed by atoms with E-state index in [0.717, 1.165) is 11.1 Å². The molecule has 9 heteroatoms. The number of halogens is 6. The predicted molar refractivity (Wildman–Crippen MR) is 169 cm³/mol. The molecule has 0 N–H and O–H groups in total. The minimum Gasteiger partial charge on any atom is -0.208 e. The van der Waals surface area contributed by atoms with Gasteiger partial charge in [0.1, 0.15) is 0 Å². The minimum absolute atomic E-state index is 0.160. The van der Waals surface area contributed by atoms with Crippen molar-refractivity contribution in [3.63, 3.8) is 0 Å². The highest BCUT2D eigenvalue weighted by Gasteiger charge is 2.79. The summed E-state index contributed by atoms with van der Waals surface area (Å²) in [7, 11) is 0. The number of fused-ring (bicyclic) bond motifs is 6. The Bertz CT molecular complexity index is 2280. The van der Waals surface area contributed by atoms with Crippen LogP contribution in [0.15, 0.2) is 127 Å². The van der Waals surface area contributed by atoms with E-state index in [0.29, 0.717) is 34.2 Å². The highest BCUT2D eigenvalue weighted by atomic mass is 19.3. The van der Waals surface area contributed by atoms with Gasteiger partial charge in [-0.05, 0) is 44.8 Å². The van der Waals surface area contributed by atoms with E-state index in [1.54, 1.807) is 24.3 Å². The zero-order chi connectivity index (χ0) is 32.6. The van der Waals surface area contributed by atoms with Crippen molar-refractivity contribution in [2.45, 2.75) is 17.8 Å². The molecule has 3 nitrogen and oxygen atoms in total. The Hall–Kier alpha value is -5.57. The van der Waals surface area contributed by atoms with Crippen LogP contribution >= 0.6 is 0 Å². The number of nitrogens with zero attached hydrogens (tertiary/aromatic N) is 3. The third-order valence-electron chi connectivity index (χ3n) is 8.60. The number of benzene rings is 6. The van der Waals surface area contributed by atoms with Gasteiger partial charge in [-0.25, -0.2) is 15.0 Å². The van der Waals surface area contributed by atoms with E-state index >= 15 is 17.6 Å². The van der Waals surface area contributed by atoms with E-state index in [1.165, 1.54) is 30.3 Å². The predicted octanol–water partition coefficient (Wildman–Crippen LogP) is 10.7. The van der Waals surface area contributed by atoms with Crippen molar-refractivity contribution in [3.05, 3.63) is 139 Å². The van der Waals surface area contributed by atoms with Gasteiger partial charge in [0.25, 0.3) is 0 Å². The lowest BCUT2D eigenvalue weighted by Crippen LogP contribution is -2.43. The standard InChI is InChI=1S/C38H21F6N3/c39-36(40)31-28-17-8-7-16-27(28)30-21-25(18-19-29(30)32(31)37(41,42)38(36,43)44)24-14-9-15-26(20-24)35-46-33(22-10-3-1-4-11-22)45-34(47-35)23-12-5-2-6-13-23/h1-21H. The Labute approximate surface area is 264 Å². The molecule has 0 aliphatic heterocycles. The van der Waals surface area contributed by atoms with Gasteiger partial charge in [-0.1, -0.05) is 115 Å². The maximum atomic E-state index is 15.2. The van der Waals surface area contributed by atoms with E-state index in [4.69, 9.17) is 15.0 Å². The average molecular weight is 634 g/mol. The second-order valence-corrected chi connectivity index (χ2v) is 11.4. The summed E-state index contributed by atoms with van der Waals surface area (Å²) in [6.07, 6.45) is 0. The molecule has 0 atom stereocenters. The smallest absolute Gasteiger partial charge is 0.208 e. The average Bonchev–Trinajstić information content (AvgIpc) is 3.22. The maximum absolute atomic E-state index is 15.2. The van der Waals surface area contributed by atoms with Crippen LogP contribution in [0.1, 0.15) is 11.1 Å². The fraction of sp³-hybridized carbons (Fsp3) is 0.0789. The van der Waals surface area contributed by atoms with Crippen LogP contribution in [0, 0.1) is 0 Å². The van der Waals surface area contributed by atoms with Gasteiger partial charge in [-0.15, -0.1) is 0 Å². The maximum Gasteiger partial charge on any atom is 0.380 e. The summed E-state index contributed by atoms with van der Waals surface area (Å²) < 4.78 is 89.8. The van der Waals surface area contributed by atoms with Gasteiger partial charge in [-0.3, -0.25) is 0 Å². The Kier molecular flexibility index (Phi) is 6.28. The zero-order valence-corrected chi connectivity index (χ0v) is 24.2. The highest BCUT2D eigenvalue weighted by molar-refractivity contribution is 6.13. The second-order valence-electron chi connectivity index (χ2n) is 11.4. The lowest BCUT2D eigenvalue weighted by Gasteiger charge is -2.23. The van der Waals surface area contributed by atoms with E-state index in [-0.39, 0.29) is 21.5 Å². The molecule has 0 radical (unpaired) electrons. The first-order valence-electron chi connectivity index (χ1n) is 14.7. The number of aromatic nitrogens is 3. The molecule has 0 amide bonds. The van der Waals surface area contributed by atoms with E-state index in [2.05, 4.69) is 0 Å². The summed E-state index contributed by atoms with van der Waals surface area (Å²) in [6.45, 7) is 0. The molecule has 8 rings (SSSR count). The van der Waals surface area contributed by atoms with Crippen molar-refractivity contribution in [2.24, 2.45) is 0 Å². The molecule has 1 heterocycles. The largest absolute Gasteiger partial charge is 0.380 e. The lowest BCUT2D eigenvalue weighted by molar-refractivity contribution is -0.301. The molecule has 0 spiro atoms. The van der Waals surface area contributed by atoms with Crippen molar-refractivity contribution >= 4 is 21.5 Å². The van der Waals surface area contributed by atoms with Gasteiger partial charge in [0.15, 0.2) is 17.5 Å². The first kappa shape index (κ1) is 28.9. The summed E-state index contributed by atoms with van der Waals surface area (Å²) in [6, 6.07) is 36.0. The van der Waals surface area contributed by atoms with Crippen LogP contribution in [0.2, 0.25) is 0 Å². The molecular formula is C38H21F6N3. The fourth-order valence-electron chi connectivity index (χ4n) is 6.31. The molecule has 0 saturated heterocycles. The van der Waals surface area contributed by atoms with Gasteiger partial charge in [0.05, 0.1) is 0 Å². The molecule has 1 aliphatic rings. The molecule has 7 aromatic rings. The summed E-state index contributed by atoms with van der Waals surface area (Å²) >= 11 is 0. The van der Waals surface area contributed by atoms with Crippen molar-refractivity contribution in [1.82, 2.24) is 15.0 Å². The Balaban J connectivity index is 1.31. The molecule has 1 aromatic heterocycles. The molecule has 6 aromatic carbocycles. The fourth-order valence-corrected chi connectivity index (χ4v) is 6.31. The quantitative estimate of drug-likeness (QED) is 0.143. The van der Waals surface area contributed by atoms with Gasteiger partial charge < -0.3 is 0 Å². The topological polar surface area (TPSA) is 38.7 Å². The van der Waals surface area contributed by atoms with Gasteiger partial charge in [-0.2, -0.15) is 26.3 Å². The Morgan fingerprint density at radius 2 is 0.766 bits per heavy atom. The first-order chi connectivity index (χ1) is 22.6. The molecule has 1 aliphatic carbocycles. The molecule has 0 saturated carbocycles. The zero-order valence-electron chi connectivity index (χ0n) is 24.2. The first-order valence-corrected chi connectivity index (χ1v) is 14.7. The van der Waals surface area contributed by atoms with Gasteiger partial charge in [0.2, 0.25) is 0 Å². The number of hydrogen-bond donors (Lipinski definition) is 0. The number of hydrogen-bond acceptors (Lipinski definition) is 3. The third kappa shape index (κ3) is 4.26. The third-order valence-corrected chi connectivity index (χ3v) is 8.60. The molecule has 230 valence electrons. The normalized spacial score (nSPS) is 16.0. The monoisotopic (exact) mass is 633 g/mol. The summed E-state index contributed by atoms with van der Waals surface area (Å²) in [4.78, 5) is 14.2. The van der Waals surface area contributed by atoms with Crippen LogP contribution in [0.4, 0.5) is 26.3 Å². The van der Waals surface area contributed by atoms with Crippen LogP contribution < -0.4 is 0 Å². The molecule has 0 bridgehead atoms. The van der Waals surface area contributed by atoms with Crippen molar-refractivity contribution < 1.29 is 26.3 Å². The van der Waals surface area contributed by atoms with Crippen LogP contribution in [-0.4, -0.2) is 20.9 Å². The van der Waals surface area contributed by atoms with Crippen LogP contribution in [0.5, 0.6) is 0 Å². The van der Waals surface area contributed by atoms with E-state index in [1.807, 2.05) is 72.8 Å². The van der Waals surface area contributed by atoms with E-state index in [9.17, 15) is 8.78 Å². The Morgan fingerprint density at radius 1 is 0.340 bits per heavy atom. The number of rotatable bonds is 4. The van der Waals surface area contributed by atoms with Gasteiger partial charge >= 0.3 is 17.8 Å². The molecular weight excluding hydrogens is 612 g/mol. The van der Waals surface area contributed by atoms with Crippen molar-refractivity contribution in [2.75, 3.05) is 0 Å². The highest BCUT2D eigenvalue weighted by Crippen LogP contribution is 2.65. The molecule has 0 unspecified atom stereocenters. The summed E-state index contributed by atoms with van der Waals surface area (Å²) in [5, 5.41) is -0.356. The summed E-state index contributed by atoms with van der Waals surface area (Å²) in [5.41, 5.74) is 0.781. The second kappa shape index (κ2) is 10.2. The lowest BCUT2D eigenvalue weighted by atomic mass is 9.89. The minimum atomic E-state index is -5.59. The van der Waals surface area contributed by atoms with Crippen molar-refractivity contribution in [3.8, 4) is 45.3 Å². The van der Waals surface area contributed by atoms with E-state index < -0.39 is 28.9 Å². The van der Waals surface area contributed by atoms with Gasteiger partial charge in [0, 0.05) is 27.8 Å². The van der Waals surface area contributed by atoms with Crippen LogP contribution in [0.25, 0.3) is 66.8 Å². The van der Waals surface area contributed by atoms with Crippen LogP contribution in [-0.2, 0) is 11.8 Å². The molecule has 47 heavy (non-hydrogen) atoms.